The fourth-order valence-electron chi connectivity index (χ4n) is 2.92. The molecule has 1 atom stereocenters. The Morgan fingerprint density at radius 1 is 1.42 bits per heavy atom. The number of nitrogens with zero attached hydrogens (tertiary/aromatic N) is 1. The predicted octanol–water partition coefficient (Wildman–Crippen LogP) is 1.98. The van der Waals surface area contributed by atoms with Crippen LogP contribution in [0.25, 0.3) is 0 Å². The van der Waals surface area contributed by atoms with Gasteiger partial charge in [0.15, 0.2) is 0 Å². The number of carbonyl (C=O) groups excluding carboxylic acids is 1. The number of nitrogens with two attached hydrogens (primary N) is 1. The number of carbonyl (C=O) groups is 1. The molecule has 1 aliphatic heterocycles. The van der Waals surface area contributed by atoms with Gasteiger partial charge in [-0.15, -0.1) is 5.10 Å². The van der Waals surface area contributed by atoms with E-state index in [4.69, 9.17) is 19.9 Å². The Hall–Kier alpha value is -2.96. The number of benzene rings is 1. The smallest absolute Gasteiger partial charge is 0.340 e. The molecule has 0 saturated heterocycles. The predicted molar refractivity (Wildman–Crippen MR) is 86.6 cm³/mol. The molecule has 0 spiro atoms. The fourth-order valence-corrected chi connectivity index (χ4v) is 2.92. The summed E-state index contributed by atoms with van der Waals surface area (Å²) in [4.78, 5) is 12.5. The van der Waals surface area contributed by atoms with E-state index in [0.717, 1.165) is 16.8 Å². The number of rotatable bonds is 4. The van der Waals surface area contributed by atoms with E-state index in [9.17, 15) is 4.79 Å². The number of H-pyrrole nitrogens is 1. The van der Waals surface area contributed by atoms with Gasteiger partial charge in [0.05, 0.1) is 19.6 Å². The lowest BCUT2D eigenvalue weighted by atomic mass is 9.83. The third-order valence-corrected chi connectivity index (χ3v) is 3.95. The fraction of sp³-hybridized carbons (Fsp3) is 0.294. The zero-order valence-corrected chi connectivity index (χ0v) is 13.8. The molecule has 2 heterocycles. The van der Waals surface area contributed by atoms with Crippen molar-refractivity contribution in [1.29, 1.82) is 0 Å². The van der Waals surface area contributed by atoms with Crippen LogP contribution < -0.4 is 15.2 Å². The van der Waals surface area contributed by atoms with E-state index < -0.39 is 11.9 Å². The number of aryl methyl sites for hydroxylation is 1. The van der Waals surface area contributed by atoms with Crippen molar-refractivity contribution in [3.8, 4) is 11.6 Å². The molecule has 0 bridgehead atoms. The van der Waals surface area contributed by atoms with Gasteiger partial charge in [-0.05, 0) is 19.9 Å². The van der Waals surface area contributed by atoms with E-state index in [1.165, 1.54) is 0 Å². The molecule has 3 N–H and O–H groups in total. The van der Waals surface area contributed by atoms with Gasteiger partial charge in [-0.1, -0.05) is 18.2 Å². The Balaban J connectivity index is 2.23. The molecule has 24 heavy (non-hydrogen) atoms. The Morgan fingerprint density at radius 2 is 2.17 bits per heavy atom. The molecule has 1 aromatic carbocycles. The number of nitrogens with one attached hydrogen (secondary N) is 1. The van der Waals surface area contributed by atoms with Crippen molar-refractivity contribution in [1.82, 2.24) is 10.2 Å². The van der Waals surface area contributed by atoms with Crippen molar-refractivity contribution in [2.24, 2.45) is 5.73 Å². The topological polar surface area (TPSA) is 99.5 Å². The first-order valence-corrected chi connectivity index (χ1v) is 7.60. The highest BCUT2D eigenvalue weighted by Gasteiger charge is 2.39. The molecule has 0 radical (unpaired) electrons. The summed E-state index contributed by atoms with van der Waals surface area (Å²) in [7, 11) is 1.58. The van der Waals surface area contributed by atoms with Gasteiger partial charge in [0, 0.05) is 16.8 Å². The quantitative estimate of drug-likeness (QED) is 0.832. The van der Waals surface area contributed by atoms with Crippen molar-refractivity contribution in [3.05, 3.63) is 52.5 Å². The number of aromatic nitrogens is 2. The molecule has 1 aromatic heterocycles. The number of hydrogen-bond acceptors (Lipinski definition) is 6. The van der Waals surface area contributed by atoms with Crippen molar-refractivity contribution in [2.45, 2.75) is 19.8 Å². The third kappa shape index (κ3) is 2.47. The van der Waals surface area contributed by atoms with Gasteiger partial charge in [-0.25, -0.2) is 4.79 Å². The lowest BCUT2D eigenvalue weighted by molar-refractivity contribution is -0.139. The maximum Gasteiger partial charge on any atom is 0.340 e. The first-order chi connectivity index (χ1) is 11.6. The van der Waals surface area contributed by atoms with Crippen molar-refractivity contribution in [3.63, 3.8) is 0 Å². The van der Waals surface area contributed by atoms with E-state index in [0.29, 0.717) is 11.6 Å². The summed E-state index contributed by atoms with van der Waals surface area (Å²) < 4.78 is 16.2. The van der Waals surface area contributed by atoms with Crippen molar-refractivity contribution >= 4 is 5.97 Å². The minimum absolute atomic E-state index is 0.0108. The van der Waals surface area contributed by atoms with Crippen LogP contribution in [0.15, 0.2) is 35.7 Å². The van der Waals surface area contributed by atoms with Crippen LogP contribution in [0.1, 0.15) is 29.7 Å². The Kier molecular flexibility index (Phi) is 4.16. The number of aromatic amines is 1. The monoisotopic (exact) mass is 329 g/mol. The minimum Gasteiger partial charge on any atom is -0.496 e. The SMILES string of the molecule is CCOC(=O)C1=C(N)Oc2n[nH]c(C)c2C1c1ccccc1OC. The minimum atomic E-state index is -0.517. The highest BCUT2D eigenvalue weighted by molar-refractivity contribution is 5.93. The van der Waals surface area contributed by atoms with E-state index in [2.05, 4.69) is 10.2 Å². The van der Waals surface area contributed by atoms with Crippen LogP contribution in [-0.2, 0) is 9.53 Å². The van der Waals surface area contributed by atoms with E-state index in [1.807, 2.05) is 31.2 Å². The Bertz CT molecular complexity index is 810. The molecular formula is C17H19N3O4. The molecule has 2 aromatic rings. The van der Waals surface area contributed by atoms with Crippen molar-refractivity contribution in [2.75, 3.05) is 13.7 Å². The van der Waals surface area contributed by atoms with Gasteiger partial charge in [-0.3, -0.25) is 5.10 Å². The summed E-state index contributed by atoms with van der Waals surface area (Å²) in [5.74, 6) is -0.0114. The lowest BCUT2D eigenvalue weighted by Gasteiger charge is -2.27. The zero-order chi connectivity index (χ0) is 17.3. The van der Waals surface area contributed by atoms with Crippen LogP contribution >= 0.6 is 0 Å². The average molecular weight is 329 g/mol. The second-order valence-corrected chi connectivity index (χ2v) is 5.34. The second kappa shape index (κ2) is 6.27. The van der Waals surface area contributed by atoms with Crippen LogP contribution in [0.3, 0.4) is 0 Å². The molecule has 1 unspecified atom stereocenters. The second-order valence-electron chi connectivity index (χ2n) is 5.34. The molecule has 7 heteroatoms. The van der Waals surface area contributed by atoms with Crippen LogP contribution in [0.2, 0.25) is 0 Å². The van der Waals surface area contributed by atoms with E-state index in [-0.39, 0.29) is 18.1 Å². The van der Waals surface area contributed by atoms with Gasteiger partial charge < -0.3 is 19.9 Å². The van der Waals surface area contributed by atoms with Gasteiger partial charge >= 0.3 is 5.97 Å². The van der Waals surface area contributed by atoms with Crippen molar-refractivity contribution < 1.29 is 19.0 Å². The Labute approximate surface area is 139 Å². The highest BCUT2D eigenvalue weighted by atomic mass is 16.5. The van der Waals surface area contributed by atoms with Crippen LogP contribution in [0.4, 0.5) is 0 Å². The number of para-hydroxylation sites is 1. The standard InChI is InChI=1S/C17H19N3O4/c1-4-23-17(21)14-13(10-7-5-6-8-11(10)22-3)12-9(2)19-20-16(12)24-15(14)18/h5-8,13H,4,18H2,1-3H3,(H,19,20). The highest BCUT2D eigenvalue weighted by Crippen LogP contribution is 2.45. The molecule has 126 valence electrons. The summed E-state index contributed by atoms with van der Waals surface area (Å²) in [5.41, 5.74) is 8.59. The first-order valence-electron chi connectivity index (χ1n) is 7.60. The van der Waals surface area contributed by atoms with E-state index in [1.54, 1.807) is 14.0 Å². The normalized spacial score (nSPS) is 16.4. The molecule has 0 aliphatic carbocycles. The number of methoxy groups -OCH3 is 1. The molecule has 3 rings (SSSR count). The van der Waals surface area contributed by atoms with Crippen LogP contribution in [0, 0.1) is 6.92 Å². The first kappa shape index (κ1) is 15.9. The Morgan fingerprint density at radius 3 is 2.88 bits per heavy atom. The van der Waals surface area contributed by atoms with E-state index >= 15 is 0 Å². The maximum absolute atomic E-state index is 12.5. The molecule has 0 saturated carbocycles. The number of fused-ring (bicyclic) bond motifs is 1. The summed E-state index contributed by atoms with van der Waals surface area (Å²) in [5, 5.41) is 7.00. The summed E-state index contributed by atoms with van der Waals surface area (Å²) in [6.07, 6.45) is 0. The average Bonchev–Trinajstić information content (AvgIpc) is 2.94. The summed E-state index contributed by atoms with van der Waals surface area (Å²) in [6.45, 7) is 3.85. The largest absolute Gasteiger partial charge is 0.496 e. The lowest BCUT2D eigenvalue weighted by Crippen LogP contribution is -2.27. The van der Waals surface area contributed by atoms with Crippen LogP contribution in [0.5, 0.6) is 11.6 Å². The zero-order valence-electron chi connectivity index (χ0n) is 13.8. The molecular weight excluding hydrogens is 310 g/mol. The molecule has 1 aliphatic rings. The van der Waals surface area contributed by atoms with Gasteiger partial charge in [0.2, 0.25) is 11.8 Å². The number of esters is 1. The summed E-state index contributed by atoms with van der Waals surface area (Å²) in [6, 6.07) is 7.46. The summed E-state index contributed by atoms with van der Waals surface area (Å²) >= 11 is 0. The molecule has 7 nitrogen and oxygen atoms in total. The number of ether oxygens (including phenoxy) is 3. The molecule has 0 fully saturated rings. The third-order valence-electron chi connectivity index (χ3n) is 3.95. The number of hydrogen-bond donors (Lipinski definition) is 2. The molecule has 0 amide bonds. The van der Waals surface area contributed by atoms with Crippen LogP contribution in [-0.4, -0.2) is 29.9 Å². The van der Waals surface area contributed by atoms with Gasteiger partial charge in [0.1, 0.15) is 11.3 Å². The maximum atomic E-state index is 12.5. The van der Waals surface area contributed by atoms with Gasteiger partial charge in [-0.2, -0.15) is 0 Å². The van der Waals surface area contributed by atoms with Gasteiger partial charge in [0.25, 0.3) is 0 Å².